The zero-order chi connectivity index (χ0) is 21.7. The van der Waals surface area contributed by atoms with Gasteiger partial charge in [0, 0.05) is 63.8 Å². The molecule has 30 heavy (non-hydrogen) atoms. The Labute approximate surface area is 178 Å². The Hall–Kier alpha value is -2.57. The second kappa shape index (κ2) is 9.96. The standard InChI is InChI=1S/C23H32N2O5/c1-4-20(27)18-6-5-11-25(15-18)23(28)17-7-8-21(29-3)22(14-17)30-19-9-12-24(13-10-19)16(2)26/h7-8,14,18-19H,4-6,9-13,15H2,1-3H3/t18-/m0/s1. The number of ketones is 1. The molecule has 7 heteroatoms. The predicted molar refractivity (Wildman–Crippen MR) is 113 cm³/mol. The van der Waals surface area contributed by atoms with E-state index >= 15 is 0 Å². The lowest BCUT2D eigenvalue weighted by Gasteiger charge is -2.33. The molecule has 0 unspecified atom stereocenters. The first-order chi connectivity index (χ1) is 14.4. The third-order valence-electron chi connectivity index (χ3n) is 6.10. The van der Waals surface area contributed by atoms with Crippen LogP contribution in [0.2, 0.25) is 0 Å². The number of piperidine rings is 2. The number of amides is 2. The van der Waals surface area contributed by atoms with Crippen LogP contribution in [0.25, 0.3) is 0 Å². The molecule has 1 aromatic carbocycles. The van der Waals surface area contributed by atoms with Crippen molar-refractivity contribution >= 4 is 17.6 Å². The quantitative estimate of drug-likeness (QED) is 0.713. The summed E-state index contributed by atoms with van der Waals surface area (Å²) in [6, 6.07) is 5.24. The summed E-state index contributed by atoms with van der Waals surface area (Å²) in [6.07, 6.45) is 3.67. The molecular weight excluding hydrogens is 384 g/mol. The van der Waals surface area contributed by atoms with E-state index in [1.165, 1.54) is 0 Å². The molecule has 2 aliphatic heterocycles. The number of methoxy groups -OCH3 is 1. The van der Waals surface area contributed by atoms with Gasteiger partial charge in [-0.1, -0.05) is 6.92 Å². The largest absolute Gasteiger partial charge is 0.493 e. The Kier molecular flexibility index (Phi) is 7.34. The maximum atomic E-state index is 13.1. The summed E-state index contributed by atoms with van der Waals surface area (Å²) in [6.45, 7) is 5.94. The average Bonchev–Trinajstić information content (AvgIpc) is 2.78. The number of ether oxygens (including phenoxy) is 2. The second-order valence-corrected chi connectivity index (χ2v) is 8.10. The van der Waals surface area contributed by atoms with Crippen molar-refractivity contribution in [1.29, 1.82) is 0 Å². The zero-order valence-corrected chi connectivity index (χ0v) is 18.2. The number of Topliss-reactive ketones (excluding diaryl/α,β-unsaturated/α-hetero) is 1. The molecule has 2 fully saturated rings. The smallest absolute Gasteiger partial charge is 0.254 e. The van der Waals surface area contributed by atoms with Gasteiger partial charge in [-0.15, -0.1) is 0 Å². The summed E-state index contributed by atoms with van der Waals surface area (Å²) in [5.74, 6) is 1.29. The summed E-state index contributed by atoms with van der Waals surface area (Å²) >= 11 is 0. The molecule has 2 aliphatic rings. The van der Waals surface area contributed by atoms with Crippen LogP contribution in [0.3, 0.4) is 0 Å². The molecule has 164 valence electrons. The first-order valence-corrected chi connectivity index (χ1v) is 10.8. The Bertz CT molecular complexity index is 786. The van der Waals surface area contributed by atoms with E-state index in [4.69, 9.17) is 9.47 Å². The molecule has 7 nitrogen and oxygen atoms in total. The lowest BCUT2D eigenvalue weighted by molar-refractivity contribution is -0.130. The van der Waals surface area contributed by atoms with E-state index < -0.39 is 0 Å². The fourth-order valence-corrected chi connectivity index (χ4v) is 4.27. The Morgan fingerprint density at radius 3 is 2.40 bits per heavy atom. The van der Waals surface area contributed by atoms with Gasteiger partial charge in [-0.2, -0.15) is 0 Å². The van der Waals surface area contributed by atoms with E-state index in [0.29, 0.717) is 49.7 Å². The second-order valence-electron chi connectivity index (χ2n) is 8.10. The molecule has 2 heterocycles. The van der Waals surface area contributed by atoms with Crippen LogP contribution < -0.4 is 9.47 Å². The van der Waals surface area contributed by atoms with Crippen molar-refractivity contribution in [2.45, 2.75) is 52.1 Å². The van der Waals surface area contributed by atoms with Gasteiger partial charge in [-0.25, -0.2) is 0 Å². The van der Waals surface area contributed by atoms with Gasteiger partial charge in [-0.05, 0) is 31.0 Å². The number of hydrogen-bond acceptors (Lipinski definition) is 5. The predicted octanol–water partition coefficient (Wildman–Crippen LogP) is 2.92. The minimum Gasteiger partial charge on any atom is -0.493 e. The molecule has 0 bridgehead atoms. The van der Waals surface area contributed by atoms with Crippen LogP contribution in [0.1, 0.15) is 56.3 Å². The van der Waals surface area contributed by atoms with Crippen molar-refractivity contribution in [3.05, 3.63) is 23.8 Å². The van der Waals surface area contributed by atoms with Gasteiger partial charge < -0.3 is 19.3 Å². The first-order valence-electron chi connectivity index (χ1n) is 10.8. The van der Waals surface area contributed by atoms with E-state index in [1.54, 1.807) is 37.1 Å². The molecule has 2 saturated heterocycles. The van der Waals surface area contributed by atoms with Crippen LogP contribution in [-0.4, -0.2) is 66.8 Å². The third-order valence-corrected chi connectivity index (χ3v) is 6.10. The lowest BCUT2D eigenvalue weighted by Crippen LogP contribution is -2.42. The molecule has 0 N–H and O–H groups in total. The minimum atomic E-state index is -0.0810. The van der Waals surface area contributed by atoms with Gasteiger partial charge in [0.15, 0.2) is 11.5 Å². The summed E-state index contributed by atoms with van der Waals surface area (Å²) in [7, 11) is 1.58. The van der Waals surface area contributed by atoms with Crippen LogP contribution in [-0.2, 0) is 9.59 Å². The van der Waals surface area contributed by atoms with Gasteiger partial charge in [0.1, 0.15) is 11.9 Å². The van der Waals surface area contributed by atoms with Crippen LogP contribution in [0.15, 0.2) is 18.2 Å². The molecule has 1 atom stereocenters. The molecule has 1 aromatic rings. The SMILES string of the molecule is CCC(=O)[C@H]1CCCN(C(=O)c2ccc(OC)c(OC3CCN(C(C)=O)CC3)c2)C1. The summed E-state index contributed by atoms with van der Waals surface area (Å²) in [4.78, 5) is 40.3. The van der Waals surface area contributed by atoms with E-state index in [9.17, 15) is 14.4 Å². The monoisotopic (exact) mass is 416 g/mol. The average molecular weight is 417 g/mol. The number of likely N-dealkylation sites (tertiary alicyclic amines) is 2. The molecule has 0 spiro atoms. The maximum Gasteiger partial charge on any atom is 0.254 e. The molecule has 2 amide bonds. The lowest BCUT2D eigenvalue weighted by atomic mass is 9.92. The normalized spacial score (nSPS) is 20.0. The molecule has 0 radical (unpaired) electrons. The van der Waals surface area contributed by atoms with Gasteiger partial charge in [0.05, 0.1) is 7.11 Å². The molecule has 0 saturated carbocycles. The van der Waals surface area contributed by atoms with Gasteiger partial charge >= 0.3 is 0 Å². The van der Waals surface area contributed by atoms with Crippen molar-refractivity contribution in [3.8, 4) is 11.5 Å². The maximum absolute atomic E-state index is 13.1. The summed E-state index contributed by atoms with van der Waals surface area (Å²) in [5, 5.41) is 0. The Balaban J connectivity index is 1.70. The van der Waals surface area contributed by atoms with Gasteiger partial charge in [0.25, 0.3) is 5.91 Å². The highest BCUT2D eigenvalue weighted by molar-refractivity contribution is 5.95. The number of hydrogen-bond donors (Lipinski definition) is 0. The van der Waals surface area contributed by atoms with Crippen LogP contribution >= 0.6 is 0 Å². The molecular formula is C23H32N2O5. The van der Waals surface area contributed by atoms with Gasteiger partial charge in [0.2, 0.25) is 5.91 Å². The van der Waals surface area contributed by atoms with Crippen LogP contribution in [0.5, 0.6) is 11.5 Å². The first kappa shape index (κ1) is 22.1. The fourth-order valence-electron chi connectivity index (χ4n) is 4.27. The fraction of sp³-hybridized carbons (Fsp3) is 0.609. The van der Waals surface area contributed by atoms with E-state index in [1.807, 2.05) is 11.8 Å². The molecule has 3 rings (SSSR count). The van der Waals surface area contributed by atoms with Crippen molar-refractivity contribution in [1.82, 2.24) is 9.80 Å². The molecule has 0 aliphatic carbocycles. The summed E-state index contributed by atoms with van der Waals surface area (Å²) < 4.78 is 11.6. The third kappa shape index (κ3) is 5.12. The zero-order valence-electron chi connectivity index (χ0n) is 18.2. The van der Waals surface area contributed by atoms with Crippen molar-refractivity contribution < 1.29 is 23.9 Å². The number of rotatable bonds is 6. The van der Waals surface area contributed by atoms with Crippen LogP contribution in [0, 0.1) is 5.92 Å². The number of carbonyl (C=O) groups is 3. The van der Waals surface area contributed by atoms with Crippen LogP contribution in [0.4, 0.5) is 0 Å². The van der Waals surface area contributed by atoms with Crippen molar-refractivity contribution in [3.63, 3.8) is 0 Å². The number of benzene rings is 1. The number of carbonyl (C=O) groups excluding carboxylic acids is 3. The highest BCUT2D eigenvalue weighted by Gasteiger charge is 2.29. The van der Waals surface area contributed by atoms with E-state index in [-0.39, 0.29) is 29.6 Å². The highest BCUT2D eigenvalue weighted by Crippen LogP contribution is 2.32. The Morgan fingerprint density at radius 1 is 1.03 bits per heavy atom. The number of nitrogens with zero attached hydrogens (tertiary/aromatic N) is 2. The van der Waals surface area contributed by atoms with Crippen molar-refractivity contribution in [2.75, 3.05) is 33.3 Å². The highest BCUT2D eigenvalue weighted by atomic mass is 16.5. The van der Waals surface area contributed by atoms with E-state index in [2.05, 4.69) is 0 Å². The minimum absolute atomic E-state index is 0.0265. The Morgan fingerprint density at radius 2 is 1.77 bits per heavy atom. The summed E-state index contributed by atoms with van der Waals surface area (Å²) in [5.41, 5.74) is 0.538. The van der Waals surface area contributed by atoms with Gasteiger partial charge in [-0.3, -0.25) is 14.4 Å². The topological polar surface area (TPSA) is 76.2 Å². The van der Waals surface area contributed by atoms with Crippen molar-refractivity contribution in [2.24, 2.45) is 5.92 Å². The van der Waals surface area contributed by atoms with E-state index in [0.717, 1.165) is 25.7 Å². The molecule has 0 aromatic heterocycles.